The summed E-state index contributed by atoms with van der Waals surface area (Å²) in [7, 11) is 0. The Morgan fingerprint density at radius 3 is 2.22 bits per heavy atom. The quantitative estimate of drug-likeness (QED) is 0.652. The molecule has 23 heavy (non-hydrogen) atoms. The van der Waals surface area contributed by atoms with Crippen LogP contribution in [0, 0.1) is 11.8 Å². The molecule has 0 aliphatic carbocycles. The Hall–Kier alpha value is -1.10. The van der Waals surface area contributed by atoms with Crippen LogP contribution in [0.4, 0.5) is 0 Å². The van der Waals surface area contributed by atoms with Gasteiger partial charge in [0.25, 0.3) is 0 Å². The molecule has 0 saturated carbocycles. The summed E-state index contributed by atoms with van der Waals surface area (Å²) in [6, 6.07) is 0.175. The summed E-state index contributed by atoms with van der Waals surface area (Å²) in [6.07, 6.45) is 0.372. The number of hydrogen-bond donors (Lipinski definition) is 0. The fourth-order valence-electron chi connectivity index (χ4n) is 3.19. The first-order chi connectivity index (χ1) is 10.8. The predicted octanol–water partition coefficient (Wildman–Crippen LogP) is 2.07. The molecule has 5 nitrogen and oxygen atoms in total. The first-order valence-electron chi connectivity index (χ1n) is 9.10. The minimum atomic E-state index is -0.166. The summed E-state index contributed by atoms with van der Waals surface area (Å²) in [5.74, 6) is 0.545. The first-order valence-corrected chi connectivity index (χ1v) is 9.10. The average molecular weight is 325 g/mol. The van der Waals surface area contributed by atoms with Crippen molar-refractivity contribution in [2.75, 3.05) is 39.3 Å². The number of likely N-dealkylation sites (tertiary alicyclic amines) is 1. The molecule has 1 aliphatic heterocycles. The van der Waals surface area contributed by atoms with E-state index in [1.807, 2.05) is 23.6 Å². The monoisotopic (exact) mass is 325 g/mol. The maximum Gasteiger partial charge on any atom is 0.228 e. The number of nitrogens with zero attached hydrogens (tertiary/aromatic N) is 3. The minimum Gasteiger partial charge on any atom is -0.341 e. The molecule has 1 rings (SSSR count). The largest absolute Gasteiger partial charge is 0.341 e. The highest BCUT2D eigenvalue weighted by Gasteiger charge is 2.37. The van der Waals surface area contributed by atoms with E-state index in [2.05, 4.69) is 32.6 Å². The molecule has 0 radical (unpaired) electrons. The van der Waals surface area contributed by atoms with Crippen molar-refractivity contribution < 1.29 is 9.59 Å². The van der Waals surface area contributed by atoms with Crippen molar-refractivity contribution >= 4 is 11.8 Å². The fraction of sp³-hybridized carbons (Fsp3) is 0.889. The van der Waals surface area contributed by atoms with Crippen LogP contribution in [-0.4, -0.2) is 71.8 Å². The molecule has 2 amide bonds. The molecule has 1 saturated heterocycles. The van der Waals surface area contributed by atoms with Gasteiger partial charge in [0.05, 0.1) is 5.92 Å². The number of amides is 2. The van der Waals surface area contributed by atoms with Crippen molar-refractivity contribution in [3.63, 3.8) is 0 Å². The average Bonchev–Trinajstić information content (AvgIpc) is 2.88. The lowest BCUT2D eigenvalue weighted by Gasteiger charge is -2.30. The maximum atomic E-state index is 12.9. The lowest BCUT2D eigenvalue weighted by Crippen LogP contribution is -2.44. The van der Waals surface area contributed by atoms with E-state index in [1.54, 1.807) is 0 Å². The van der Waals surface area contributed by atoms with E-state index in [0.29, 0.717) is 18.9 Å². The first kappa shape index (κ1) is 19.9. The summed E-state index contributed by atoms with van der Waals surface area (Å²) >= 11 is 0. The molecule has 0 unspecified atom stereocenters. The van der Waals surface area contributed by atoms with Gasteiger partial charge < -0.3 is 14.7 Å². The van der Waals surface area contributed by atoms with Crippen LogP contribution >= 0.6 is 0 Å². The maximum absolute atomic E-state index is 12.9. The SMILES string of the molecule is CCN(CC)CCN(CC(C)C)C(=O)[C@@H]1CC(=O)N(C(C)C)C1. The number of carbonyl (C=O) groups is 2. The Kier molecular flexibility index (Phi) is 8.03. The van der Waals surface area contributed by atoms with Gasteiger partial charge in [0.2, 0.25) is 11.8 Å². The minimum absolute atomic E-state index is 0.117. The highest BCUT2D eigenvalue weighted by atomic mass is 16.2. The van der Waals surface area contributed by atoms with Crippen molar-refractivity contribution in [1.29, 1.82) is 0 Å². The van der Waals surface area contributed by atoms with Crippen molar-refractivity contribution in [2.45, 2.75) is 54.0 Å². The molecule has 1 heterocycles. The lowest BCUT2D eigenvalue weighted by molar-refractivity contribution is -0.136. The van der Waals surface area contributed by atoms with Gasteiger partial charge in [-0.3, -0.25) is 9.59 Å². The summed E-state index contributed by atoms with van der Waals surface area (Å²) in [5.41, 5.74) is 0. The van der Waals surface area contributed by atoms with Gasteiger partial charge in [0, 0.05) is 38.6 Å². The van der Waals surface area contributed by atoms with Gasteiger partial charge >= 0.3 is 0 Å². The normalized spacial score (nSPS) is 18.6. The van der Waals surface area contributed by atoms with Gasteiger partial charge in [-0.15, -0.1) is 0 Å². The van der Waals surface area contributed by atoms with Crippen LogP contribution < -0.4 is 0 Å². The standard InChI is InChI=1S/C18H35N3O2/c1-7-19(8-2)9-10-20(12-14(3)4)18(23)16-11-17(22)21(13-16)15(5)6/h14-16H,7-13H2,1-6H3/t16-/m1/s1. The van der Waals surface area contributed by atoms with E-state index >= 15 is 0 Å². The molecule has 5 heteroatoms. The van der Waals surface area contributed by atoms with Crippen molar-refractivity contribution in [1.82, 2.24) is 14.7 Å². The zero-order chi connectivity index (χ0) is 17.6. The van der Waals surface area contributed by atoms with Crippen LogP contribution in [0.2, 0.25) is 0 Å². The molecule has 0 N–H and O–H groups in total. The smallest absolute Gasteiger partial charge is 0.228 e. The van der Waals surface area contributed by atoms with E-state index in [4.69, 9.17) is 0 Å². The van der Waals surface area contributed by atoms with Gasteiger partial charge in [-0.1, -0.05) is 27.7 Å². The molecular formula is C18H35N3O2. The Balaban J connectivity index is 2.70. The molecule has 0 aromatic carbocycles. The molecular weight excluding hydrogens is 290 g/mol. The van der Waals surface area contributed by atoms with E-state index in [0.717, 1.165) is 32.7 Å². The third-order valence-corrected chi connectivity index (χ3v) is 4.61. The van der Waals surface area contributed by atoms with E-state index in [9.17, 15) is 9.59 Å². The Morgan fingerprint density at radius 1 is 1.17 bits per heavy atom. The Bertz CT molecular complexity index is 392. The second-order valence-corrected chi connectivity index (χ2v) is 7.25. The van der Waals surface area contributed by atoms with Gasteiger partial charge in [-0.2, -0.15) is 0 Å². The van der Waals surface area contributed by atoms with E-state index < -0.39 is 0 Å². The van der Waals surface area contributed by atoms with Crippen LogP contribution in [0.5, 0.6) is 0 Å². The molecule has 0 bridgehead atoms. The second-order valence-electron chi connectivity index (χ2n) is 7.25. The van der Waals surface area contributed by atoms with E-state index in [-0.39, 0.29) is 23.8 Å². The lowest BCUT2D eigenvalue weighted by atomic mass is 10.1. The summed E-state index contributed by atoms with van der Waals surface area (Å²) in [5, 5.41) is 0. The van der Waals surface area contributed by atoms with Gasteiger partial charge in [-0.05, 0) is 32.9 Å². The van der Waals surface area contributed by atoms with Crippen LogP contribution in [-0.2, 0) is 9.59 Å². The van der Waals surface area contributed by atoms with Crippen LogP contribution in [0.25, 0.3) is 0 Å². The Labute approximate surface area is 142 Å². The van der Waals surface area contributed by atoms with Crippen molar-refractivity contribution in [3.8, 4) is 0 Å². The Morgan fingerprint density at radius 2 is 1.78 bits per heavy atom. The highest BCUT2D eigenvalue weighted by molar-refractivity contribution is 5.89. The van der Waals surface area contributed by atoms with Crippen molar-refractivity contribution in [2.24, 2.45) is 11.8 Å². The number of likely N-dealkylation sites (N-methyl/N-ethyl adjacent to an activating group) is 1. The van der Waals surface area contributed by atoms with Crippen LogP contribution in [0.15, 0.2) is 0 Å². The van der Waals surface area contributed by atoms with Crippen LogP contribution in [0.1, 0.15) is 48.0 Å². The zero-order valence-corrected chi connectivity index (χ0v) is 15.8. The third kappa shape index (κ3) is 5.79. The van der Waals surface area contributed by atoms with Gasteiger partial charge in [0.15, 0.2) is 0 Å². The molecule has 0 aromatic rings. The summed E-state index contributed by atoms with van der Waals surface area (Å²) < 4.78 is 0. The fourth-order valence-corrected chi connectivity index (χ4v) is 3.19. The number of hydrogen-bond acceptors (Lipinski definition) is 3. The highest BCUT2D eigenvalue weighted by Crippen LogP contribution is 2.22. The van der Waals surface area contributed by atoms with Crippen LogP contribution in [0.3, 0.4) is 0 Å². The molecule has 1 aliphatic rings. The van der Waals surface area contributed by atoms with Gasteiger partial charge in [0.1, 0.15) is 0 Å². The summed E-state index contributed by atoms with van der Waals surface area (Å²) in [4.78, 5) is 31.1. The third-order valence-electron chi connectivity index (χ3n) is 4.61. The second kappa shape index (κ2) is 9.26. The zero-order valence-electron chi connectivity index (χ0n) is 15.8. The van der Waals surface area contributed by atoms with E-state index in [1.165, 1.54) is 0 Å². The molecule has 1 fully saturated rings. The number of carbonyl (C=O) groups excluding carboxylic acids is 2. The molecule has 0 aromatic heterocycles. The van der Waals surface area contributed by atoms with Crippen molar-refractivity contribution in [3.05, 3.63) is 0 Å². The topological polar surface area (TPSA) is 43.9 Å². The summed E-state index contributed by atoms with van der Waals surface area (Å²) in [6.45, 7) is 17.6. The molecule has 134 valence electrons. The number of rotatable bonds is 9. The molecule has 1 atom stereocenters. The van der Waals surface area contributed by atoms with Gasteiger partial charge in [-0.25, -0.2) is 0 Å². The molecule has 0 spiro atoms. The predicted molar refractivity (Wildman–Crippen MR) is 94.2 cm³/mol.